The Kier molecular flexibility index (Phi) is 6.38. The molecule has 0 bridgehead atoms. The summed E-state index contributed by atoms with van der Waals surface area (Å²) in [4.78, 5) is 55.7. The monoisotopic (exact) mass is 599 g/mol. The molecular formula is C29H27BrClNO6. The zero-order chi connectivity index (χ0) is 26.9. The summed E-state index contributed by atoms with van der Waals surface area (Å²) in [6.07, 6.45) is 8.66. The summed E-state index contributed by atoms with van der Waals surface area (Å²) in [5, 5.41) is 10.4. The van der Waals surface area contributed by atoms with Crippen LogP contribution in [0.25, 0.3) is 0 Å². The van der Waals surface area contributed by atoms with Crippen molar-refractivity contribution in [3.8, 4) is 11.5 Å². The van der Waals surface area contributed by atoms with Crippen LogP contribution in [0, 0.1) is 17.8 Å². The minimum absolute atomic E-state index is 0.0554. The highest BCUT2D eigenvalue weighted by Crippen LogP contribution is 2.56. The maximum absolute atomic E-state index is 13.9. The van der Waals surface area contributed by atoms with Crippen molar-refractivity contribution in [1.82, 2.24) is 4.90 Å². The largest absolute Gasteiger partial charge is 0.503 e. The topological polar surface area (TPSA) is 101 Å². The van der Waals surface area contributed by atoms with Crippen LogP contribution < -0.4 is 4.74 Å². The van der Waals surface area contributed by atoms with Crippen molar-refractivity contribution in [2.24, 2.45) is 17.8 Å². The Morgan fingerprint density at radius 3 is 2.50 bits per heavy atom. The Bertz CT molecular complexity index is 1390. The molecule has 38 heavy (non-hydrogen) atoms. The predicted octanol–water partition coefficient (Wildman–Crippen LogP) is 5.15. The van der Waals surface area contributed by atoms with Gasteiger partial charge in [-0.25, -0.2) is 0 Å². The van der Waals surface area contributed by atoms with Crippen molar-refractivity contribution in [1.29, 1.82) is 0 Å². The molecular weight excluding hydrogens is 574 g/mol. The molecule has 4 unspecified atom stereocenters. The van der Waals surface area contributed by atoms with Crippen molar-refractivity contribution in [2.45, 2.75) is 56.9 Å². The minimum atomic E-state index is -0.656. The molecule has 1 saturated carbocycles. The number of methoxy groups -OCH3 is 1. The number of ether oxygens (including phenoxy) is 1. The lowest BCUT2D eigenvalue weighted by Gasteiger charge is -2.42. The number of carbonyl (C=O) groups is 4. The van der Waals surface area contributed by atoms with Gasteiger partial charge in [0, 0.05) is 29.2 Å². The van der Waals surface area contributed by atoms with Crippen LogP contribution in [0.15, 0.2) is 45.5 Å². The number of likely N-dealkylation sites (tertiary alicyclic amines) is 1. The van der Waals surface area contributed by atoms with E-state index in [9.17, 15) is 24.3 Å². The summed E-state index contributed by atoms with van der Waals surface area (Å²) in [6.45, 7) is 0. The Labute approximate surface area is 233 Å². The van der Waals surface area contributed by atoms with Gasteiger partial charge < -0.3 is 9.84 Å². The first-order valence-corrected chi connectivity index (χ1v) is 14.2. The standard InChI is InChI=1S/C29H27BrClNO6/c1-38-22-10-13(9-20(31)27(22)35)23-15-7-8-16-24(29(37)32(28(16)36)14-5-3-2-4-6-14)17(15)11-18-25(23)21(33)12-19(30)26(18)34/h7,9-10,12,14,16-17,23-24,35H,2-6,8,11H2,1H3. The highest BCUT2D eigenvalue weighted by atomic mass is 79.9. The molecule has 198 valence electrons. The highest BCUT2D eigenvalue weighted by Gasteiger charge is 2.57. The Morgan fingerprint density at radius 1 is 1.05 bits per heavy atom. The van der Waals surface area contributed by atoms with E-state index in [-0.39, 0.29) is 56.8 Å². The van der Waals surface area contributed by atoms with Crippen LogP contribution in [0.4, 0.5) is 0 Å². The Morgan fingerprint density at radius 2 is 1.79 bits per heavy atom. The predicted molar refractivity (Wildman–Crippen MR) is 143 cm³/mol. The van der Waals surface area contributed by atoms with Gasteiger partial charge in [-0.1, -0.05) is 42.5 Å². The van der Waals surface area contributed by atoms with Crippen LogP contribution in [0.2, 0.25) is 5.02 Å². The fraction of sp³-hybridized carbons (Fsp3) is 0.448. The summed E-state index contributed by atoms with van der Waals surface area (Å²) in [7, 11) is 1.41. The molecule has 0 spiro atoms. The van der Waals surface area contributed by atoms with Gasteiger partial charge in [0.25, 0.3) is 0 Å². The minimum Gasteiger partial charge on any atom is -0.503 e. The second-order valence-corrected chi connectivity index (χ2v) is 12.0. The summed E-state index contributed by atoms with van der Waals surface area (Å²) in [6, 6.07) is 3.12. The maximum Gasteiger partial charge on any atom is 0.233 e. The van der Waals surface area contributed by atoms with Crippen molar-refractivity contribution in [2.75, 3.05) is 7.11 Å². The van der Waals surface area contributed by atoms with E-state index in [2.05, 4.69) is 15.9 Å². The molecule has 1 N–H and O–H groups in total. The molecule has 1 aromatic carbocycles. The van der Waals surface area contributed by atoms with E-state index in [1.165, 1.54) is 18.1 Å². The molecule has 9 heteroatoms. The van der Waals surface area contributed by atoms with Crippen LogP contribution in [0.1, 0.15) is 56.4 Å². The number of allylic oxidation sites excluding steroid dienone is 6. The second-order valence-electron chi connectivity index (χ2n) is 10.8. The number of aromatic hydroxyl groups is 1. The molecule has 0 radical (unpaired) electrons. The number of nitrogens with zero attached hydrogens (tertiary/aromatic N) is 1. The number of phenols is 1. The van der Waals surface area contributed by atoms with E-state index in [4.69, 9.17) is 16.3 Å². The fourth-order valence-electron chi connectivity index (χ4n) is 7.23. The molecule has 2 amide bonds. The number of amides is 2. The number of benzene rings is 1. The number of fused-ring (bicyclic) bond motifs is 3. The van der Waals surface area contributed by atoms with Gasteiger partial charge in [0.2, 0.25) is 11.8 Å². The molecule has 1 aliphatic heterocycles. The average molecular weight is 601 g/mol. The third kappa shape index (κ3) is 3.74. The summed E-state index contributed by atoms with van der Waals surface area (Å²) < 4.78 is 5.51. The number of Topliss-reactive ketones (excluding diaryl/α,β-unsaturated/α-hetero) is 1. The molecule has 1 heterocycles. The van der Waals surface area contributed by atoms with Crippen LogP contribution in [-0.2, 0) is 19.2 Å². The summed E-state index contributed by atoms with van der Waals surface area (Å²) in [5.41, 5.74) is 2.13. The maximum atomic E-state index is 13.9. The van der Waals surface area contributed by atoms with Crippen molar-refractivity contribution in [3.63, 3.8) is 0 Å². The SMILES string of the molecule is COc1cc(C2C3=CCC4C(=O)N(C5CCCCC5)C(=O)C4C3CC3=C2C(=O)C=C(Br)C3=O)cc(Cl)c1O. The number of ketones is 2. The van der Waals surface area contributed by atoms with Gasteiger partial charge in [-0.2, -0.15) is 0 Å². The summed E-state index contributed by atoms with van der Waals surface area (Å²) in [5.74, 6) is -3.03. The highest BCUT2D eigenvalue weighted by molar-refractivity contribution is 9.12. The Balaban J connectivity index is 1.49. The van der Waals surface area contributed by atoms with Crippen LogP contribution in [-0.4, -0.2) is 46.5 Å². The Hall–Kier alpha value is -2.71. The van der Waals surface area contributed by atoms with E-state index in [0.717, 1.165) is 37.7 Å². The smallest absolute Gasteiger partial charge is 0.233 e. The van der Waals surface area contributed by atoms with Gasteiger partial charge in [-0.3, -0.25) is 24.1 Å². The van der Waals surface area contributed by atoms with E-state index < -0.39 is 23.7 Å². The van der Waals surface area contributed by atoms with E-state index in [0.29, 0.717) is 23.1 Å². The summed E-state index contributed by atoms with van der Waals surface area (Å²) >= 11 is 9.59. The van der Waals surface area contributed by atoms with Gasteiger partial charge >= 0.3 is 0 Å². The van der Waals surface area contributed by atoms with Crippen LogP contribution >= 0.6 is 27.5 Å². The molecule has 6 rings (SSSR count). The van der Waals surface area contributed by atoms with Gasteiger partial charge in [0.1, 0.15) is 0 Å². The quantitative estimate of drug-likeness (QED) is 0.293. The van der Waals surface area contributed by atoms with Crippen molar-refractivity contribution >= 4 is 50.9 Å². The lowest BCUT2D eigenvalue weighted by atomic mass is 9.59. The number of phenolic OH excluding ortho intramolecular Hbond substituents is 1. The molecule has 0 aromatic heterocycles. The molecule has 1 aromatic rings. The third-order valence-electron chi connectivity index (χ3n) is 8.91. The third-order valence-corrected chi connectivity index (χ3v) is 9.79. The fourth-order valence-corrected chi connectivity index (χ4v) is 7.89. The first-order valence-electron chi connectivity index (χ1n) is 13.1. The molecule has 2 fully saturated rings. The zero-order valence-corrected chi connectivity index (χ0v) is 23.2. The van der Waals surface area contributed by atoms with Crippen molar-refractivity contribution < 1.29 is 29.0 Å². The van der Waals surface area contributed by atoms with Gasteiger partial charge in [-0.15, -0.1) is 0 Å². The first-order chi connectivity index (χ1) is 18.2. The first kappa shape index (κ1) is 25.6. The van der Waals surface area contributed by atoms with Crippen LogP contribution in [0.5, 0.6) is 11.5 Å². The molecule has 4 aliphatic carbocycles. The zero-order valence-electron chi connectivity index (χ0n) is 20.8. The van der Waals surface area contributed by atoms with E-state index in [1.807, 2.05) is 6.08 Å². The lowest BCUT2D eigenvalue weighted by Crippen LogP contribution is -2.43. The van der Waals surface area contributed by atoms with E-state index in [1.54, 1.807) is 12.1 Å². The van der Waals surface area contributed by atoms with Gasteiger partial charge in [-0.05, 0) is 65.2 Å². The van der Waals surface area contributed by atoms with Crippen LogP contribution in [0.3, 0.4) is 0 Å². The molecule has 5 aliphatic rings. The van der Waals surface area contributed by atoms with E-state index >= 15 is 0 Å². The average Bonchev–Trinajstić information content (AvgIpc) is 3.17. The molecule has 4 atom stereocenters. The number of rotatable bonds is 3. The number of imide groups is 1. The normalized spacial score (nSPS) is 29.6. The molecule has 1 saturated heterocycles. The number of carbonyl (C=O) groups excluding carboxylic acids is 4. The number of halogens is 2. The second kappa shape index (κ2) is 9.49. The van der Waals surface area contributed by atoms with Gasteiger partial charge in [0.05, 0.1) is 28.5 Å². The van der Waals surface area contributed by atoms with Crippen molar-refractivity contribution in [3.05, 3.63) is 56.1 Å². The van der Waals surface area contributed by atoms with Gasteiger partial charge in [0.15, 0.2) is 23.1 Å². The lowest BCUT2D eigenvalue weighted by molar-refractivity contribution is -0.143. The number of hydrogen-bond donors (Lipinski definition) is 1. The number of hydrogen-bond acceptors (Lipinski definition) is 6. The molecule has 7 nitrogen and oxygen atoms in total.